The Morgan fingerprint density at radius 3 is 2.68 bits per heavy atom. The standard InChI is InChI=1S/C17H27N3O4Si/c1-25(2,3)9-8-24-11-20-13-10-17(7-5-14(21)18-17)6-4-12(13)15(19-20)16(22)23/h4-11H2,1-3H3,(H,18,21)(H,22,23). The fourth-order valence-electron chi connectivity index (χ4n) is 3.67. The smallest absolute Gasteiger partial charge is 0.356 e. The Morgan fingerprint density at radius 2 is 2.08 bits per heavy atom. The number of amides is 1. The zero-order valence-electron chi connectivity index (χ0n) is 15.2. The Kier molecular flexibility index (Phi) is 4.76. The van der Waals surface area contributed by atoms with E-state index in [0.717, 1.165) is 30.1 Å². The van der Waals surface area contributed by atoms with E-state index in [9.17, 15) is 14.7 Å². The number of carboxylic acids is 1. The van der Waals surface area contributed by atoms with Crippen LogP contribution in [0.2, 0.25) is 25.7 Å². The molecule has 2 aliphatic rings. The molecule has 1 fully saturated rings. The van der Waals surface area contributed by atoms with Gasteiger partial charge in [-0.1, -0.05) is 19.6 Å². The molecule has 3 rings (SSSR count). The lowest BCUT2D eigenvalue weighted by molar-refractivity contribution is -0.119. The average Bonchev–Trinajstić information content (AvgIpc) is 3.04. The SMILES string of the molecule is C[Si](C)(C)CCOCn1nc(C(=O)O)c2c1CC1(CCC(=O)N1)CC2. The summed E-state index contributed by atoms with van der Waals surface area (Å²) in [6.07, 6.45) is 3.38. The fourth-order valence-corrected chi connectivity index (χ4v) is 4.43. The predicted octanol–water partition coefficient (Wildman–Crippen LogP) is 2.03. The molecule has 0 saturated carbocycles. The minimum Gasteiger partial charge on any atom is -0.476 e. The van der Waals surface area contributed by atoms with Gasteiger partial charge in [0.15, 0.2) is 5.69 Å². The van der Waals surface area contributed by atoms with E-state index in [2.05, 4.69) is 30.1 Å². The molecule has 2 heterocycles. The molecule has 1 spiro atoms. The highest BCUT2D eigenvalue weighted by molar-refractivity contribution is 6.76. The van der Waals surface area contributed by atoms with Gasteiger partial charge in [0.1, 0.15) is 6.73 Å². The van der Waals surface area contributed by atoms with Gasteiger partial charge in [-0.3, -0.25) is 4.79 Å². The molecule has 1 aliphatic heterocycles. The molecule has 25 heavy (non-hydrogen) atoms. The summed E-state index contributed by atoms with van der Waals surface area (Å²) in [5.74, 6) is -0.914. The molecule has 0 aromatic carbocycles. The first-order valence-corrected chi connectivity index (χ1v) is 12.6. The van der Waals surface area contributed by atoms with Crippen molar-refractivity contribution in [3.05, 3.63) is 17.0 Å². The van der Waals surface area contributed by atoms with E-state index in [1.54, 1.807) is 4.68 Å². The van der Waals surface area contributed by atoms with Crippen molar-refractivity contribution in [3.63, 3.8) is 0 Å². The number of hydrogen-bond donors (Lipinski definition) is 2. The van der Waals surface area contributed by atoms with Gasteiger partial charge in [-0.25, -0.2) is 9.48 Å². The Hall–Kier alpha value is -1.67. The predicted molar refractivity (Wildman–Crippen MR) is 95.4 cm³/mol. The van der Waals surface area contributed by atoms with Crippen molar-refractivity contribution < 1.29 is 19.4 Å². The maximum atomic E-state index is 11.7. The third kappa shape index (κ3) is 3.95. The van der Waals surface area contributed by atoms with Crippen molar-refractivity contribution in [3.8, 4) is 0 Å². The number of carbonyl (C=O) groups is 2. The third-order valence-electron chi connectivity index (χ3n) is 5.17. The topological polar surface area (TPSA) is 93.5 Å². The van der Waals surface area contributed by atoms with Gasteiger partial charge in [-0.15, -0.1) is 0 Å². The van der Waals surface area contributed by atoms with E-state index in [1.807, 2.05) is 0 Å². The second-order valence-electron chi connectivity index (χ2n) is 8.43. The molecule has 1 aromatic heterocycles. The van der Waals surface area contributed by atoms with Gasteiger partial charge in [0.05, 0.1) is 0 Å². The number of nitrogens with one attached hydrogen (secondary N) is 1. The molecule has 138 valence electrons. The van der Waals surface area contributed by atoms with E-state index in [-0.39, 0.29) is 23.9 Å². The monoisotopic (exact) mass is 365 g/mol. The highest BCUT2D eigenvalue weighted by atomic mass is 28.3. The highest BCUT2D eigenvalue weighted by Gasteiger charge is 2.43. The van der Waals surface area contributed by atoms with Crippen molar-refractivity contribution in [1.82, 2.24) is 15.1 Å². The van der Waals surface area contributed by atoms with E-state index >= 15 is 0 Å². The van der Waals surface area contributed by atoms with Crippen molar-refractivity contribution in [2.24, 2.45) is 0 Å². The molecule has 2 N–H and O–H groups in total. The first-order chi connectivity index (χ1) is 11.7. The molecule has 1 saturated heterocycles. The van der Waals surface area contributed by atoms with Crippen LogP contribution in [-0.4, -0.2) is 47.0 Å². The van der Waals surface area contributed by atoms with E-state index < -0.39 is 14.0 Å². The summed E-state index contributed by atoms with van der Waals surface area (Å²) in [5, 5.41) is 16.8. The molecule has 8 heteroatoms. The molecular weight excluding hydrogens is 338 g/mol. The van der Waals surface area contributed by atoms with Crippen LogP contribution in [0.25, 0.3) is 0 Å². The summed E-state index contributed by atoms with van der Waals surface area (Å²) < 4.78 is 7.47. The lowest BCUT2D eigenvalue weighted by Crippen LogP contribution is -2.46. The maximum absolute atomic E-state index is 11.7. The Balaban J connectivity index is 1.77. The number of carbonyl (C=O) groups excluding carboxylic acids is 1. The minimum absolute atomic E-state index is 0.0827. The average molecular weight is 366 g/mol. The first-order valence-electron chi connectivity index (χ1n) is 8.90. The number of ether oxygens (including phenoxy) is 1. The van der Waals surface area contributed by atoms with Crippen LogP contribution in [0.3, 0.4) is 0 Å². The van der Waals surface area contributed by atoms with Crippen LogP contribution in [0.4, 0.5) is 0 Å². The number of carboxylic acid groups (broad SMARTS) is 1. The quantitative estimate of drug-likeness (QED) is 0.594. The Bertz CT molecular complexity index is 695. The summed E-state index contributed by atoms with van der Waals surface area (Å²) in [6, 6.07) is 1.06. The number of fused-ring (bicyclic) bond motifs is 1. The zero-order chi connectivity index (χ0) is 18.2. The highest BCUT2D eigenvalue weighted by Crippen LogP contribution is 2.36. The number of aromatic carboxylic acids is 1. The van der Waals surface area contributed by atoms with Crippen molar-refractivity contribution in [2.75, 3.05) is 6.61 Å². The van der Waals surface area contributed by atoms with Gasteiger partial charge in [0, 0.05) is 44.3 Å². The van der Waals surface area contributed by atoms with Gasteiger partial charge in [0.2, 0.25) is 5.91 Å². The Morgan fingerprint density at radius 1 is 1.36 bits per heavy atom. The van der Waals surface area contributed by atoms with Crippen LogP contribution < -0.4 is 5.32 Å². The molecule has 0 bridgehead atoms. The number of rotatable bonds is 6. The second-order valence-corrected chi connectivity index (χ2v) is 14.1. The van der Waals surface area contributed by atoms with Crippen molar-refractivity contribution in [2.45, 2.75) is 70.1 Å². The molecular formula is C17H27N3O4Si. The van der Waals surface area contributed by atoms with Crippen LogP contribution in [0, 0.1) is 0 Å². The van der Waals surface area contributed by atoms with Crippen molar-refractivity contribution in [1.29, 1.82) is 0 Å². The Labute approximate surface area is 148 Å². The summed E-state index contributed by atoms with van der Waals surface area (Å²) in [6.45, 7) is 7.81. The van der Waals surface area contributed by atoms with Crippen LogP contribution in [0.5, 0.6) is 0 Å². The maximum Gasteiger partial charge on any atom is 0.356 e. The van der Waals surface area contributed by atoms with E-state index in [1.165, 1.54) is 0 Å². The van der Waals surface area contributed by atoms with Crippen LogP contribution in [0.1, 0.15) is 41.0 Å². The second kappa shape index (κ2) is 6.57. The molecule has 7 nitrogen and oxygen atoms in total. The number of hydrogen-bond acceptors (Lipinski definition) is 4. The number of aromatic nitrogens is 2. The van der Waals surface area contributed by atoms with Crippen LogP contribution in [0.15, 0.2) is 0 Å². The lowest BCUT2D eigenvalue weighted by atomic mass is 9.79. The first kappa shape index (κ1) is 18.1. The molecule has 1 amide bonds. The van der Waals surface area contributed by atoms with Crippen LogP contribution in [-0.2, 0) is 29.1 Å². The van der Waals surface area contributed by atoms with Crippen LogP contribution >= 0.6 is 0 Å². The lowest BCUT2D eigenvalue weighted by Gasteiger charge is -2.33. The van der Waals surface area contributed by atoms with Gasteiger partial charge in [-0.05, 0) is 25.3 Å². The molecule has 1 unspecified atom stereocenters. The normalized spacial score (nSPS) is 22.9. The summed E-state index contributed by atoms with van der Waals surface area (Å²) in [5.41, 5.74) is 1.59. The van der Waals surface area contributed by atoms with Gasteiger partial charge >= 0.3 is 5.97 Å². The summed E-state index contributed by atoms with van der Waals surface area (Å²) in [4.78, 5) is 23.2. The molecule has 1 aromatic rings. The van der Waals surface area contributed by atoms with E-state index in [4.69, 9.17) is 4.74 Å². The summed E-state index contributed by atoms with van der Waals surface area (Å²) >= 11 is 0. The van der Waals surface area contributed by atoms with Gasteiger partial charge < -0.3 is 15.2 Å². The third-order valence-corrected chi connectivity index (χ3v) is 6.88. The molecule has 1 aliphatic carbocycles. The van der Waals surface area contributed by atoms with E-state index in [0.29, 0.717) is 25.9 Å². The zero-order valence-corrected chi connectivity index (χ0v) is 16.2. The van der Waals surface area contributed by atoms with Gasteiger partial charge in [0.25, 0.3) is 0 Å². The minimum atomic E-state index is -1.17. The van der Waals surface area contributed by atoms with Gasteiger partial charge in [-0.2, -0.15) is 5.10 Å². The van der Waals surface area contributed by atoms with Crippen molar-refractivity contribution >= 4 is 20.0 Å². The summed E-state index contributed by atoms with van der Waals surface area (Å²) in [7, 11) is -1.17. The molecule has 1 atom stereocenters. The largest absolute Gasteiger partial charge is 0.476 e. The fraction of sp³-hybridized carbons (Fsp3) is 0.706. The number of nitrogens with zero attached hydrogens (tertiary/aromatic N) is 2. The molecule has 0 radical (unpaired) electrons.